The second-order valence-electron chi connectivity index (χ2n) is 1.42. The number of hydrogen-bond acceptors (Lipinski definition) is 3. The van der Waals surface area contributed by atoms with Crippen LogP contribution in [0.25, 0.3) is 0 Å². The van der Waals surface area contributed by atoms with E-state index in [2.05, 4.69) is 11.5 Å². The first-order chi connectivity index (χ1) is 4.86. The van der Waals surface area contributed by atoms with E-state index in [-0.39, 0.29) is 18.4 Å². The molecule has 0 heterocycles. The largest absolute Gasteiger partial charge is 0.481 e. The van der Waals surface area contributed by atoms with E-state index in [1.165, 1.54) is 0 Å². The first-order valence-electron chi connectivity index (χ1n) is 2.39. The lowest BCUT2D eigenvalue weighted by molar-refractivity contribution is -0.147. The summed E-state index contributed by atoms with van der Waals surface area (Å²) in [4.78, 5) is 18.9. The number of hydrogen-bond donors (Lipinski definition) is 5. The molecule has 0 aliphatic carbocycles. The van der Waals surface area contributed by atoms with E-state index >= 15 is 0 Å². The van der Waals surface area contributed by atoms with Gasteiger partial charge in [-0.2, -0.15) is 0 Å². The predicted octanol–water partition coefficient (Wildman–Crippen LogP) is -1.19. The smallest absolute Gasteiger partial charge is 0.314 e. The summed E-state index contributed by atoms with van der Waals surface area (Å²) in [5, 5.41) is 21.5. The van der Waals surface area contributed by atoms with Gasteiger partial charge in [0.05, 0.1) is 0 Å². The van der Waals surface area contributed by atoms with Crippen molar-refractivity contribution in [2.24, 2.45) is 11.5 Å². The number of rotatable bonds is 2. The maximum atomic E-state index is 9.43. The van der Waals surface area contributed by atoms with Crippen molar-refractivity contribution in [3.8, 4) is 0 Å². The van der Waals surface area contributed by atoms with Crippen LogP contribution < -0.4 is 11.5 Å². The number of aliphatic carboxylic acids is 2. The van der Waals surface area contributed by atoms with E-state index in [0.717, 1.165) is 0 Å². The van der Waals surface area contributed by atoms with E-state index in [0.29, 0.717) is 0 Å². The van der Waals surface area contributed by atoms with Crippen molar-refractivity contribution >= 4 is 30.3 Å². The van der Waals surface area contributed by atoms with Gasteiger partial charge in [-0.05, 0) is 0 Å². The first kappa shape index (κ1) is 16.8. The lowest BCUT2D eigenvalue weighted by Crippen LogP contribution is -2.20. The van der Waals surface area contributed by atoms with Gasteiger partial charge in [0.1, 0.15) is 6.42 Å². The fourth-order valence-corrected chi connectivity index (χ4v) is 0.129. The topological polar surface area (TPSA) is 150 Å². The van der Waals surface area contributed by atoms with Gasteiger partial charge in [0.2, 0.25) is 0 Å². The summed E-state index contributed by atoms with van der Waals surface area (Å²) in [5.41, 5.74) is 8.94. The van der Waals surface area contributed by atoms with Crippen LogP contribution in [0.1, 0.15) is 6.42 Å². The van der Waals surface area contributed by atoms with Crippen LogP contribution in [0.4, 0.5) is 0 Å². The van der Waals surface area contributed by atoms with Gasteiger partial charge in [0, 0.05) is 0 Å². The van der Waals surface area contributed by atoms with E-state index in [4.69, 9.17) is 15.6 Å². The molecule has 0 amide bonds. The van der Waals surface area contributed by atoms with Crippen molar-refractivity contribution in [2.75, 3.05) is 0 Å². The van der Waals surface area contributed by atoms with Crippen molar-refractivity contribution in [3.63, 3.8) is 0 Å². The van der Waals surface area contributed by atoms with Crippen LogP contribution in [0.5, 0.6) is 0 Å². The van der Waals surface area contributed by atoms with Crippen molar-refractivity contribution < 1.29 is 19.8 Å². The van der Waals surface area contributed by atoms with Crippen LogP contribution in [0.2, 0.25) is 0 Å². The summed E-state index contributed by atoms with van der Waals surface area (Å²) < 4.78 is 0. The minimum atomic E-state index is -1.31. The zero-order valence-corrected chi connectivity index (χ0v) is 6.80. The summed E-state index contributed by atoms with van der Waals surface area (Å²) >= 11 is 0. The normalized spacial score (nSPS) is 6.67. The van der Waals surface area contributed by atoms with Crippen LogP contribution in [0, 0.1) is 5.41 Å². The third-order valence-electron chi connectivity index (χ3n) is 0.302. The standard InChI is InChI=1S/C3H4O4.CH5N3.ClH/c4-2(5)1-3(6)7;2-1(3)4;/h1H2,(H,4,5)(H,6,7);(H5,2,3,4);1H. The molecule has 0 aliphatic rings. The summed E-state index contributed by atoms with van der Waals surface area (Å²) in [6.07, 6.45) is -0.806. The highest BCUT2D eigenvalue weighted by Gasteiger charge is 2.01. The SMILES string of the molecule is Cl.N=C(N)N.O=C(O)CC(=O)O. The van der Waals surface area contributed by atoms with Crippen LogP contribution in [0.3, 0.4) is 0 Å². The average molecular weight is 200 g/mol. The van der Waals surface area contributed by atoms with Gasteiger partial charge in [-0.25, -0.2) is 0 Å². The molecular weight excluding hydrogens is 190 g/mol. The summed E-state index contributed by atoms with van der Waals surface area (Å²) in [6.45, 7) is 0. The van der Waals surface area contributed by atoms with Crippen molar-refractivity contribution in [1.29, 1.82) is 5.41 Å². The van der Waals surface area contributed by atoms with E-state index in [9.17, 15) is 9.59 Å². The fourth-order valence-electron chi connectivity index (χ4n) is 0.129. The molecule has 0 atom stereocenters. The minimum absolute atomic E-state index is 0. The molecule has 0 aromatic rings. The number of carboxylic acid groups (broad SMARTS) is 2. The maximum Gasteiger partial charge on any atom is 0.314 e. The molecule has 0 saturated heterocycles. The Morgan fingerprint density at radius 1 is 1.17 bits per heavy atom. The highest BCUT2D eigenvalue weighted by molar-refractivity contribution is 5.88. The van der Waals surface area contributed by atoms with Gasteiger partial charge in [0.25, 0.3) is 0 Å². The molecule has 72 valence electrons. The zero-order valence-electron chi connectivity index (χ0n) is 5.98. The van der Waals surface area contributed by atoms with E-state index in [1.54, 1.807) is 0 Å². The summed E-state index contributed by atoms with van der Waals surface area (Å²) in [7, 11) is 0. The molecule has 0 rings (SSSR count). The highest BCUT2D eigenvalue weighted by atomic mass is 35.5. The molecule has 0 spiro atoms. The Balaban J connectivity index is -0.000000142. The molecule has 7 N–H and O–H groups in total. The Bertz CT molecular complexity index is 156. The number of halogens is 1. The minimum Gasteiger partial charge on any atom is -0.481 e. The number of carboxylic acids is 2. The Hall–Kier alpha value is -1.50. The Labute approximate surface area is 74.3 Å². The van der Waals surface area contributed by atoms with Crippen molar-refractivity contribution in [1.82, 2.24) is 0 Å². The van der Waals surface area contributed by atoms with Gasteiger partial charge in [-0.15, -0.1) is 12.4 Å². The molecule has 8 heteroatoms. The fraction of sp³-hybridized carbons (Fsp3) is 0.250. The highest BCUT2D eigenvalue weighted by Crippen LogP contribution is 1.74. The molecular formula is C4H10ClN3O4. The average Bonchev–Trinajstić information content (AvgIpc) is 1.56. The second-order valence-corrected chi connectivity index (χ2v) is 1.42. The summed E-state index contributed by atoms with van der Waals surface area (Å²) in [6, 6.07) is 0. The lowest BCUT2D eigenvalue weighted by atomic mass is 10.5. The molecule has 0 radical (unpaired) electrons. The second kappa shape index (κ2) is 9.50. The molecule has 0 unspecified atom stereocenters. The molecule has 0 aliphatic heterocycles. The van der Waals surface area contributed by atoms with Crippen molar-refractivity contribution in [2.45, 2.75) is 6.42 Å². The Kier molecular flexibility index (Phi) is 13.3. The van der Waals surface area contributed by atoms with E-state index < -0.39 is 18.4 Å². The monoisotopic (exact) mass is 199 g/mol. The first-order valence-corrected chi connectivity index (χ1v) is 2.39. The molecule has 7 nitrogen and oxygen atoms in total. The third-order valence-corrected chi connectivity index (χ3v) is 0.302. The van der Waals surface area contributed by atoms with Crippen molar-refractivity contribution in [3.05, 3.63) is 0 Å². The predicted molar refractivity (Wildman–Crippen MR) is 43.2 cm³/mol. The van der Waals surface area contributed by atoms with Gasteiger partial charge in [0.15, 0.2) is 5.96 Å². The van der Waals surface area contributed by atoms with Gasteiger partial charge in [-0.1, -0.05) is 0 Å². The summed E-state index contributed by atoms with van der Waals surface area (Å²) in [5.74, 6) is -2.96. The van der Waals surface area contributed by atoms with Crippen LogP contribution >= 0.6 is 12.4 Å². The number of guanidine groups is 1. The van der Waals surface area contributed by atoms with Gasteiger partial charge in [-0.3, -0.25) is 15.0 Å². The van der Waals surface area contributed by atoms with Gasteiger partial charge >= 0.3 is 11.9 Å². The quantitative estimate of drug-likeness (QED) is 0.214. The molecule has 0 aromatic heterocycles. The van der Waals surface area contributed by atoms with Crippen LogP contribution in [-0.2, 0) is 9.59 Å². The molecule has 12 heavy (non-hydrogen) atoms. The van der Waals surface area contributed by atoms with Crippen LogP contribution in [-0.4, -0.2) is 28.1 Å². The third kappa shape index (κ3) is 76.5. The molecule has 0 fully saturated rings. The molecule has 0 saturated carbocycles. The van der Waals surface area contributed by atoms with Crippen LogP contribution in [0.15, 0.2) is 0 Å². The number of carbonyl (C=O) groups is 2. The molecule has 0 aromatic carbocycles. The molecule has 0 bridgehead atoms. The van der Waals surface area contributed by atoms with Gasteiger partial charge < -0.3 is 21.7 Å². The lowest BCUT2D eigenvalue weighted by Gasteiger charge is -1.80. The zero-order chi connectivity index (χ0) is 9.44. The maximum absolute atomic E-state index is 9.43. The van der Waals surface area contributed by atoms with E-state index in [1.807, 2.05) is 0 Å². The number of nitrogens with two attached hydrogens (primary N) is 2. The Morgan fingerprint density at radius 3 is 1.33 bits per heavy atom. The Morgan fingerprint density at radius 2 is 1.33 bits per heavy atom. The number of nitrogens with one attached hydrogen (secondary N) is 1.